The predicted molar refractivity (Wildman–Crippen MR) is 80.0 cm³/mol. The minimum atomic E-state index is 0.200. The Morgan fingerprint density at radius 3 is 2.95 bits per heavy atom. The summed E-state index contributed by atoms with van der Waals surface area (Å²) >= 11 is 5.89. The minimum Gasteiger partial charge on any atom is -0.384 e. The van der Waals surface area contributed by atoms with Crippen molar-refractivity contribution in [1.82, 2.24) is 19.5 Å². The van der Waals surface area contributed by atoms with E-state index in [1.807, 2.05) is 28.8 Å². The number of allylic oxidation sites excluding steroid dienone is 1. The van der Waals surface area contributed by atoms with E-state index in [1.165, 1.54) is 0 Å². The first-order valence-electron chi connectivity index (χ1n) is 6.05. The molecule has 0 atom stereocenters. The van der Waals surface area contributed by atoms with Crippen LogP contribution in [0.1, 0.15) is 5.69 Å². The van der Waals surface area contributed by atoms with Gasteiger partial charge in [0.1, 0.15) is 11.6 Å². The molecule has 0 amide bonds. The molecule has 0 radical (unpaired) electrons. The van der Waals surface area contributed by atoms with Gasteiger partial charge in [0.25, 0.3) is 0 Å². The molecule has 0 aromatic carbocycles. The van der Waals surface area contributed by atoms with Crippen LogP contribution in [0.25, 0.3) is 16.9 Å². The Morgan fingerprint density at radius 2 is 2.20 bits per heavy atom. The van der Waals surface area contributed by atoms with Gasteiger partial charge in [-0.2, -0.15) is 4.98 Å². The lowest BCUT2D eigenvalue weighted by atomic mass is 10.3. The number of pyridine rings is 1. The Morgan fingerprint density at radius 1 is 1.35 bits per heavy atom. The number of halogens is 1. The van der Waals surface area contributed by atoms with Crippen LogP contribution >= 0.6 is 11.6 Å². The van der Waals surface area contributed by atoms with Crippen molar-refractivity contribution in [2.45, 2.75) is 6.42 Å². The monoisotopic (exact) mass is 285 g/mol. The van der Waals surface area contributed by atoms with Crippen LogP contribution in [0.3, 0.4) is 0 Å². The van der Waals surface area contributed by atoms with Crippen LogP contribution in [0.4, 0.5) is 5.82 Å². The molecule has 0 aliphatic heterocycles. The SMILES string of the molecule is C=CCc1cc2cnc(Cl)nc2n1-c1cccc(N)n1. The van der Waals surface area contributed by atoms with E-state index in [-0.39, 0.29) is 5.28 Å². The van der Waals surface area contributed by atoms with E-state index in [1.54, 1.807) is 12.3 Å². The summed E-state index contributed by atoms with van der Waals surface area (Å²) in [5.41, 5.74) is 7.47. The minimum absolute atomic E-state index is 0.200. The van der Waals surface area contributed by atoms with Crippen LogP contribution in [-0.4, -0.2) is 19.5 Å². The van der Waals surface area contributed by atoms with Gasteiger partial charge in [0.15, 0.2) is 5.65 Å². The first-order chi connectivity index (χ1) is 9.69. The predicted octanol–water partition coefficient (Wildman–Crippen LogP) is 2.78. The summed E-state index contributed by atoms with van der Waals surface area (Å²) in [6.07, 6.45) is 4.20. The molecule has 0 aliphatic rings. The molecule has 0 saturated carbocycles. The van der Waals surface area contributed by atoms with Gasteiger partial charge in [0.2, 0.25) is 5.28 Å². The molecule has 2 N–H and O–H groups in total. The average Bonchev–Trinajstić information content (AvgIpc) is 2.76. The lowest BCUT2D eigenvalue weighted by Crippen LogP contribution is -2.04. The smallest absolute Gasteiger partial charge is 0.224 e. The van der Waals surface area contributed by atoms with Gasteiger partial charge >= 0.3 is 0 Å². The fourth-order valence-electron chi connectivity index (χ4n) is 2.14. The van der Waals surface area contributed by atoms with Crippen LogP contribution < -0.4 is 5.73 Å². The van der Waals surface area contributed by atoms with Crippen molar-refractivity contribution in [3.8, 4) is 5.82 Å². The summed E-state index contributed by atoms with van der Waals surface area (Å²) in [6.45, 7) is 3.78. The van der Waals surface area contributed by atoms with Crippen molar-refractivity contribution >= 4 is 28.5 Å². The molecule has 100 valence electrons. The van der Waals surface area contributed by atoms with E-state index in [2.05, 4.69) is 21.5 Å². The quantitative estimate of drug-likeness (QED) is 0.593. The number of aromatic nitrogens is 4. The second kappa shape index (κ2) is 4.94. The van der Waals surface area contributed by atoms with Crippen LogP contribution in [0.5, 0.6) is 0 Å². The maximum atomic E-state index is 5.89. The van der Waals surface area contributed by atoms with Crippen molar-refractivity contribution in [3.63, 3.8) is 0 Å². The zero-order valence-electron chi connectivity index (χ0n) is 10.6. The van der Waals surface area contributed by atoms with E-state index < -0.39 is 0 Å². The highest BCUT2D eigenvalue weighted by atomic mass is 35.5. The maximum Gasteiger partial charge on any atom is 0.224 e. The lowest BCUT2D eigenvalue weighted by molar-refractivity contribution is 0.946. The number of fused-ring (bicyclic) bond motifs is 1. The first-order valence-corrected chi connectivity index (χ1v) is 6.43. The summed E-state index contributed by atoms with van der Waals surface area (Å²) in [5.74, 6) is 1.15. The van der Waals surface area contributed by atoms with Crippen molar-refractivity contribution < 1.29 is 0 Å². The third-order valence-electron chi connectivity index (χ3n) is 2.93. The largest absolute Gasteiger partial charge is 0.384 e. The summed E-state index contributed by atoms with van der Waals surface area (Å²) < 4.78 is 1.92. The maximum absolute atomic E-state index is 5.89. The molecule has 3 heterocycles. The molecule has 0 spiro atoms. The van der Waals surface area contributed by atoms with Crippen LogP contribution in [-0.2, 0) is 6.42 Å². The Labute approximate surface area is 120 Å². The highest BCUT2D eigenvalue weighted by Gasteiger charge is 2.13. The van der Waals surface area contributed by atoms with Crippen LogP contribution in [0.15, 0.2) is 43.1 Å². The second-order valence-electron chi connectivity index (χ2n) is 4.30. The molecular weight excluding hydrogens is 274 g/mol. The molecule has 0 aliphatic carbocycles. The zero-order valence-corrected chi connectivity index (χ0v) is 11.4. The molecule has 5 nitrogen and oxygen atoms in total. The third-order valence-corrected chi connectivity index (χ3v) is 3.11. The van der Waals surface area contributed by atoms with Gasteiger partial charge in [0, 0.05) is 23.7 Å². The summed E-state index contributed by atoms with van der Waals surface area (Å²) in [5, 5.41) is 1.10. The van der Waals surface area contributed by atoms with Gasteiger partial charge in [-0.05, 0) is 29.8 Å². The summed E-state index contributed by atoms with van der Waals surface area (Å²) in [6, 6.07) is 7.46. The number of nitrogens with zero attached hydrogens (tertiary/aromatic N) is 4. The third kappa shape index (κ3) is 2.12. The van der Waals surface area contributed by atoms with Crippen molar-refractivity contribution in [2.75, 3.05) is 5.73 Å². The molecule has 0 fully saturated rings. The number of nitrogen functional groups attached to an aromatic ring is 1. The Balaban J connectivity index is 2.33. The standard InChI is InChI=1S/C14H12ClN5/c1-2-4-10-7-9-8-17-14(15)19-13(9)20(10)12-6-3-5-11(16)18-12/h2-3,5-8H,1,4H2,(H2,16,18). The zero-order chi connectivity index (χ0) is 14.1. The fourth-order valence-corrected chi connectivity index (χ4v) is 2.27. The van der Waals surface area contributed by atoms with Gasteiger partial charge in [-0.25, -0.2) is 9.97 Å². The van der Waals surface area contributed by atoms with Crippen LogP contribution in [0.2, 0.25) is 5.28 Å². The highest BCUT2D eigenvalue weighted by Crippen LogP contribution is 2.23. The van der Waals surface area contributed by atoms with Crippen molar-refractivity contribution in [2.24, 2.45) is 0 Å². The van der Waals surface area contributed by atoms with Gasteiger partial charge in [-0.15, -0.1) is 6.58 Å². The Bertz CT molecular complexity index is 793. The van der Waals surface area contributed by atoms with E-state index >= 15 is 0 Å². The van der Waals surface area contributed by atoms with E-state index in [0.29, 0.717) is 23.7 Å². The Kier molecular flexibility index (Phi) is 3.12. The molecule has 3 aromatic rings. The normalized spacial score (nSPS) is 10.8. The topological polar surface area (TPSA) is 69.6 Å². The first kappa shape index (κ1) is 12.6. The number of hydrogen-bond acceptors (Lipinski definition) is 4. The lowest BCUT2D eigenvalue weighted by Gasteiger charge is -2.08. The van der Waals surface area contributed by atoms with Gasteiger partial charge < -0.3 is 5.73 Å². The fraction of sp³-hybridized carbons (Fsp3) is 0.0714. The number of nitrogens with two attached hydrogens (primary N) is 1. The van der Waals surface area contributed by atoms with E-state index in [9.17, 15) is 0 Å². The highest BCUT2D eigenvalue weighted by molar-refractivity contribution is 6.28. The molecule has 3 aromatic heterocycles. The van der Waals surface area contributed by atoms with E-state index in [4.69, 9.17) is 17.3 Å². The number of rotatable bonds is 3. The molecule has 20 heavy (non-hydrogen) atoms. The molecular formula is C14H12ClN5. The van der Waals surface area contributed by atoms with Crippen LogP contribution in [0, 0.1) is 0 Å². The Hall–Kier alpha value is -2.40. The number of anilines is 1. The summed E-state index contributed by atoms with van der Waals surface area (Å²) in [4.78, 5) is 12.6. The van der Waals surface area contributed by atoms with E-state index in [0.717, 1.165) is 11.1 Å². The molecule has 0 bridgehead atoms. The van der Waals surface area contributed by atoms with Gasteiger partial charge in [-0.1, -0.05) is 12.1 Å². The second-order valence-corrected chi connectivity index (χ2v) is 4.64. The van der Waals surface area contributed by atoms with Crippen molar-refractivity contribution in [3.05, 3.63) is 54.1 Å². The van der Waals surface area contributed by atoms with Gasteiger partial charge in [-0.3, -0.25) is 4.57 Å². The van der Waals surface area contributed by atoms with Gasteiger partial charge in [0.05, 0.1) is 0 Å². The molecule has 6 heteroatoms. The number of hydrogen-bond donors (Lipinski definition) is 1. The summed E-state index contributed by atoms with van der Waals surface area (Å²) in [7, 11) is 0. The average molecular weight is 286 g/mol. The molecule has 0 unspecified atom stereocenters. The van der Waals surface area contributed by atoms with Crippen molar-refractivity contribution in [1.29, 1.82) is 0 Å². The molecule has 3 rings (SSSR count). The molecule has 0 saturated heterocycles.